The van der Waals surface area contributed by atoms with Crippen LogP contribution in [0.15, 0.2) is 23.8 Å². The van der Waals surface area contributed by atoms with Crippen LogP contribution < -0.4 is 0 Å². The van der Waals surface area contributed by atoms with Gasteiger partial charge in [-0.15, -0.1) is 0 Å². The molecule has 0 bridgehead atoms. The van der Waals surface area contributed by atoms with Gasteiger partial charge in [-0.2, -0.15) is 0 Å². The first kappa shape index (κ1) is 12.1. The summed E-state index contributed by atoms with van der Waals surface area (Å²) in [4.78, 5) is 0. The van der Waals surface area contributed by atoms with Crippen LogP contribution in [-0.2, 0) is 0 Å². The molecule has 0 aromatic heterocycles. The van der Waals surface area contributed by atoms with Crippen LogP contribution in [0.2, 0.25) is 5.02 Å². The molecule has 1 unspecified atom stereocenters. The Balaban J connectivity index is 3.15. The maximum Gasteiger partial charge on any atom is 0.142 e. The average Bonchev–Trinajstić information content (AvgIpc) is 2.09. The van der Waals surface area contributed by atoms with Crippen molar-refractivity contribution in [3.05, 3.63) is 46.0 Å². The molecule has 0 saturated carbocycles. The highest BCUT2D eigenvalue weighted by Crippen LogP contribution is 2.25. The number of benzene rings is 1. The Kier molecular flexibility index (Phi) is 3.83. The fraction of sp³-hybridized carbons (Fsp3) is 0.273. The number of halogens is 3. The Morgan fingerprint density at radius 3 is 2.47 bits per heavy atom. The lowest BCUT2D eigenvalue weighted by atomic mass is 10.1. The third-order valence-electron chi connectivity index (χ3n) is 1.85. The van der Waals surface area contributed by atoms with E-state index < -0.39 is 17.7 Å². The predicted octanol–water partition coefficient (Wildman–Crippen LogP) is 3.62. The van der Waals surface area contributed by atoms with Crippen LogP contribution >= 0.6 is 11.6 Å². The van der Waals surface area contributed by atoms with Gasteiger partial charge in [0.05, 0.1) is 5.02 Å². The topological polar surface area (TPSA) is 20.2 Å². The highest BCUT2D eigenvalue weighted by Gasteiger charge is 2.14. The van der Waals surface area contributed by atoms with Gasteiger partial charge in [-0.25, -0.2) is 8.78 Å². The largest absolute Gasteiger partial charge is 0.384 e. The lowest BCUT2D eigenvalue weighted by Gasteiger charge is -2.09. The monoisotopic (exact) mass is 232 g/mol. The van der Waals surface area contributed by atoms with E-state index in [1.807, 2.05) is 0 Å². The lowest BCUT2D eigenvalue weighted by molar-refractivity contribution is 0.221. The maximum atomic E-state index is 13.3. The number of rotatable bonds is 2. The molecule has 82 valence electrons. The second-order valence-electron chi connectivity index (χ2n) is 3.48. The summed E-state index contributed by atoms with van der Waals surface area (Å²) in [6.07, 6.45) is 0.285. The Morgan fingerprint density at radius 2 is 1.93 bits per heavy atom. The van der Waals surface area contributed by atoms with Crippen LogP contribution in [0.1, 0.15) is 25.5 Å². The van der Waals surface area contributed by atoms with Crippen molar-refractivity contribution in [2.45, 2.75) is 20.0 Å². The molecule has 0 aliphatic carbocycles. The molecule has 1 rings (SSSR count). The molecule has 0 spiro atoms. The van der Waals surface area contributed by atoms with Crippen molar-refractivity contribution in [2.75, 3.05) is 0 Å². The molecule has 1 aromatic carbocycles. The fourth-order valence-corrected chi connectivity index (χ4v) is 1.32. The lowest BCUT2D eigenvalue weighted by Crippen LogP contribution is -1.99. The zero-order valence-electron chi connectivity index (χ0n) is 8.39. The quantitative estimate of drug-likeness (QED) is 0.610. The average molecular weight is 233 g/mol. The molecule has 1 aromatic rings. The molecule has 0 radical (unpaired) electrons. The van der Waals surface area contributed by atoms with E-state index in [0.717, 1.165) is 17.7 Å². The van der Waals surface area contributed by atoms with Crippen molar-refractivity contribution in [1.29, 1.82) is 0 Å². The Hall–Kier alpha value is -0.930. The SMILES string of the molecule is CC(C)=CC(O)c1cc(F)c(Cl)cc1F. The highest BCUT2D eigenvalue weighted by atomic mass is 35.5. The molecule has 1 atom stereocenters. The number of aliphatic hydroxyl groups excluding tert-OH is 1. The van der Waals surface area contributed by atoms with Crippen molar-refractivity contribution in [2.24, 2.45) is 0 Å². The first-order valence-electron chi connectivity index (χ1n) is 4.39. The van der Waals surface area contributed by atoms with Crippen LogP contribution in [0, 0.1) is 11.6 Å². The Morgan fingerprint density at radius 1 is 1.33 bits per heavy atom. The van der Waals surface area contributed by atoms with Gasteiger partial charge in [0, 0.05) is 5.56 Å². The molecule has 0 amide bonds. The van der Waals surface area contributed by atoms with Gasteiger partial charge >= 0.3 is 0 Å². The highest BCUT2D eigenvalue weighted by molar-refractivity contribution is 6.30. The van der Waals surface area contributed by atoms with Crippen molar-refractivity contribution >= 4 is 11.6 Å². The third kappa shape index (κ3) is 3.01. The second kappa shape index (κ2) is 4.73. The van der Waals surface area contributed by atoms with Gasteiger partial charge in [0.25, 0.3) is 0 Å². The number of allylic oxidation sites excluding steroid dienone is 1. The summed E-state index contributed by atoms with van der Waals surface area (Å²) in [6.45, 7) is 3.51. The van der Waals surface area contributed by atoms with E-state index in [4.69, 9.17) is 11.6 Å². The summed E-state index contributed by atoms with van der Waals surface area (Å²) < 4.78 is 26.3. The predicted molar refractivity (Wildman–Crippen MR) is 55.8 cm³/mol. The van der Waals surface area contributed by atoms with Crippen LogP contribution in [0.25, 0.3) is 0 Å². The minimum absolute atomic E-state index is 0.113. The fourth-order valence-electron chi connectivity index (χ4n) is 1.17. The van der Waals surface area contributed by atoms with Crippen LogP contribution in [0.3, 0.4) is 0 Å². The van der Waals surface area contributed by atoms with Crippen LogP contribution in [-0.4, -0.2) is 5.11 Å². The molecule has 0 heterocycles. The first-order valence-corrected chi connectivity index (χ1v) is 4.77. The van der Waals surface area contributed by atoms with E-state index in [1.165, 1.54) is 6.08 Å². The molecule has 1 N–H and O–H groups in total. The van der Waals surface area contributed by atoms with Crippen molar-refractivity contribution in [3.8, 4) is 0 Å². The first-order chi connectivity index (χ1) is 6.91. The molecule has 0 saturated heterocycles. The van der Waals surface area contributed by atoms with Gasteiger partial charge in [0.2, 0.25) is 0 Å². The molecule has 0 aliphatic rings. The third-order valence-corrected chi connectivity index (χ3v) is 2.14. The van der Waals surface area contributed by atoms with Gasteiger partial charge in [-0.3, -0.25) is 0 Å². The molecular formula is C11H11ClF2O. The van der Waals surface area contributed by atoms with E-state index in [1.54, 1.807) is 13.8 Å². The van der Waals surface area contributed by atoms with Gasteiger partial charge in [-0.05, 0) is 26.0 Å². The summed E-state index contributed by atoms with van der Waals surface area (Å²) in [5, 5.41) is 9.27. The van der Waals surface area contributed by atoms with E-state index in [-0.39, 0.29) is 10.6 Å². The number of hydrogen-bond acceptors (Lipinski definition) is 1. The summed E-state index contributed by atoms with van der Waals surface area (Å²) in [6, 6.07) is 1.76. The summed E-state index contributed by atoms with van der Waals surface area (Å²) in [5.41, 5.74) is 0.704. The normalized spacial score (nSPS) is 12.4. The minimum atomic E-state index is -1.15. The number of hydrogen-bond donors (Lipinski definition) is 1. The van der Waals surface area contributed by atoms with Crippen molar-refractivity contribution in [3.63, 3.8) is 0 Å². The zero-order chi connectivity index (χ0) is 11.6. The molecule has 0 aliphatic heterocycles. The van der Waals surface area contributed by atoms with Gasteiger partial charge in [-0.1, -0.05) is 23.3 Å². The Labute approximate surface area is 92.0 Å². The smallest absolute Gasteiger partial charge is 0.142 e. The van der Waals surface area contributed by atoms with Gasteiger partial charge in [0.1, 0.15) is 17.7 Å². The summed E-state index contributed by atoms with van der Waals surface area (Å²) in [7, 11) is 0. The second-order valence-corrected chi connectivity index (χ2v) is 3.88. The van der Waals surface area contributed by atoms with Gasteiger partial charge < -0.3 is 5.11 Å². The molecular weight excluding hydrogens is 222 g/mol. The molecule has 4 heteroatoms. The van der Waals surface area contributed by atoms with Crippen molar-refractivity contribution in [1.82, 2.24) is 0 Å². The van der Waals surface area contributed by atoms with Crippen LogP contribution in [0.4, 0.5) is 8.78 Å². The van der Waals surface area contributed by atoms with E-state index in [9.17, 15) is 13.9 Å². The zero-order valence-corrected chi connectivity index (χ0v) is 9.15. The summed E-state index contributed by atoms with van der Waals surface area (Å²) >= 11 is 5.38. The molecule has 0 fully saturated rings. The van der Waals surface area contributed by atoms with Gasteiger partial charge in [0.15, 0.2) is 0 Å². The standard InChI is InChI=1S/C11H11ClF2O/c1-6(2)3-11(15)7-4-10(14)8(12)5-9(7)13/h3-5,11,15H,1-2H3. The van der Waals surface area contributed by atoms with E-state index in [2.05, 4.69) is 0 Å². The van der Waals surface area contributed by atoms with Crippen molar-refractivity contribution < 1.29 is 13.9 Å². The minimum Gasteiger partial charge on any atom is -0.384 e. The number of aliphatic hydroxyl groups is 1. The molecule has 1 nitrogen and oxygen atoms in total. The maximum absolute atomic E-state index is 13.3. The Bertz CT molecular complexity index is 398. The van der Waals surface area contributed by atoms with E-state index in [0.29, 0.717) is 0 Å². The summed E-state index contributed by atoms with van der Waals surface area (Å²) in [5.74, 6) is -1.46. The van der Waals surface area contributed by atoms with Crippen LogP contribution in [0.5, 0.6) is 0 Å². The molecule has 15 heavy (non-hydrogen) atoms. The van der Waals surface area contributed by atoms with E-state index >= 15 is 0 Å².